The summed E-state index contributed by atoms with van der Waals surface area (Å²) in [4.78, 5) is 23.2. The van der Waals surface area contributed by atoms with Crippen molar-refractivity contribution < 1.29 is 27.9 Å². The molecule has 1 aliphatic carbocycles. The van der Waals surface area contributed by atoms with Gasteiger partial charge in [0, 0.05) is 0 Å². The monoisotopic (exact) mass is 355 g/mol. The van der Waals surface area contributed by atoms with E-state index in [1.165, 1.54) is 0 Å². The number of carboxylic acid groups (broad SMARTS) is 1. The van der Waals surface area contributed by atoms with Crippen LogP contribution < -0.4 is 10.5 Å². The lowest BCUT2D eigenvalue weighted by Gasteiger charge is -2.27. The SMILES string of the molecule is NC(=O)C1(C(=O)O)CCCC1S(=O)(=O)CCCOc1ccccc1. The topological polar surface area (TPSA) is 124 Å². The molecule has 0 radical (unpaired) electrons. The molecule has 1 fully saturated rings. The Balaban J connectivity index is 2.01. The lowest BCUT2D eigenvalue weighted by Crippen LogP contribution is -2.52. The molecule has 0 aromatic heterocycles. The molecular formula is C16H21NO6S. The summed E-state index contributed by atoms with van der Waals surface area (Å²) >= 11 is 0. The van der Waals surface area contributed by atoms with E-state index in [1.807, 2.05) is 6.07 Å². The molecule has 0 spiro atoms. The molecule has 0 saturated heterocycles. The van der Waals surface area contributed by atoms with Crippen LogP contribution in [0.15, 0.2) is 30.3 Å². The molecular weight excluding hydrogens is 334 g/mol. The standard InChI is InChI=1S/C16H21NO6S/c17-14(18)16(15(19)20)9-4-8-13(16)24(21,22)11-5-10-23-12-6-2-1-3-7-12/h1-3,6-7,13H,4-5,8-11H2,(H2,17,18)(H,19,20). The maximum absolute atomic E-state index is 12.5. The third-order valence-corrected chi connectivity index (χ3v) is 6.79. The number of ether oxygens (including phenoxy) is 1. The lowest BCUT2D eigenvalue weighted by molar-refractivity contribution is -0.153. The molecule has 0 aliphatic heterocycles. The molecule has 1 aromatic carbocycles. The second-order valence-corrected chi connectivity index (χ2v) is 8.21. The van der Waals surface area contributed by atoms with Crippen molar-refractivity contribution in [2.45, 2.75) is 30.9 Å². The minimum absolute atomic E-state index is 0.0396. The first-order valence-corrected chi connectivity index (χ1v) is 9.45. The number of carbonyl (C=O) groups excluding carboxylic acids is 1. The van der Waals surface area contributed by atoms with Gasteiger partial charge in [-0.25, -0.2) is 8.42 Å². The number of amides is 1. The van der Waals surface area contributed by atoms with Crippen LogP contribution in [-0.2, 0) is 19.4 Å². The fraction of sp³-hybridized carbons (Fsp3) is 0.500. The van der Waals surface area contributed by atoms with Crippen molar-refractivity contribution in [3.63, 3.8) is 0 Å². The van der Waals surface area contributed by atoms with Crippen molar-refractivity contribution >= 4 is 21.7 Å². The van der Waals surface area contributed by atoms with E-state index in [0.717, 1.165) is 0 Å². The molecule has 0 heterocycles. The third kappa shape index (κ3) is 3.53. The van der Waals surface area contributed by atoms with Crippen LogP contribution in [0.5, 0.6) is 5.75 Å². The molecule has 2 rings (SSSR count). The summed E-state index contributed by atoms with van der Waals surface area (Å²) in [6, 6.07) is 8.96. The fourth-order valence-electron chi connectivity index (χ4n) is 3.20. The molecule has 132 valence electrons. The number of rotatable bonds is 8. The highest BCUT2D eigenvalue weighted by Crippen LogP contribution is 2.43. The van der Waals surface area contributed by atoms with Gasteiger partial charge in [0.1, 0.15) is 5.75 Å². The Kier molecular flexibility index (Phi) is 5.48. The summed E-state index contributed by atoms with van der Waals surface area (Å²) in [5.74, 6) is -2.15. The van der Waals surface area contributed by atoms with Crippen LogP contribution in [0, 0.1) is 5.41 Å². The maximum atomic E-state index is 12.5. The number of aliphatic carboxylic acids is 1. The first kappa shape index (κ1) is 18.3. The summed E-state index contributed by atoms with van der Waals surface area (Å²) < 4.78 is 30.5. The van der Waals surface area contributed by atoms with Crippen molar-refractivity contribution in [2.75, 3.05) is 12.4 Å². The Labute approximate surface area is 140 Å². The average molecular weight is 355 g/mol. The Morgan fingerprint density at radius 3 is 2.54 bits per heavy atom. The van der Waals surface area contributed by atoms with Gasteiger partial charge in [0.25, 0.3) is 0 Å². The quantitative estimate of drug-likeness (QED) is 0.529. The molecule has 1 aliphatic rings. The van der Waals surface area contributed by atoms with Crippen LogP contribution in [0.4, 0.5) is 0 Å². The Morgan fingerprint density at radius 2 is 1.96 bits per heavy atom. The van der Waals surface area contributed by atoms with Crippen LogP contribution in [-0.4, -0.2) is 43.0 Å². The minimum atomic E-state index is -3.77. The van der Waals surface area contributed by atoms with Gasteiger partial charge in [0.2, 0.25) is 5.91 Å². The van der Waals surface area contributed by atoms with Crippen molar-refractivity contribution in [1.82, 2.24) is 0 Å². The Hall–Kier alpha value is -2.09. The van der Waals surface area contributed by atoms with Crippen LogP contribution in [0.3, 0.4) is 0 Å². The molecule has 0 bridgehead atoms. The molecule has 1 aromatic rings. The van der Waals surface area contributed by atoms with E-state index in [1.54, 1.807) is 24.3 Å². The van der Waals surface area contributed by atoms with Crippen LogP contribution in [0.25, 0.3) is 0 Å². The number of carbonyl (C=O) groups is 2. The molecule has 2 unspecified atom stereocenters. The predicted octanol–water partition coefficient (Wildman–Crippen LogP) is 0.979. The highest BCUT2D eigenvalue weighted by Gasteiger charge is 2.59. The van der Waals surface area contributed by atoms with E-state index >= 15 is 0 Å². The number of carboxylic acids is 1. The van der Waals surface area contributed by atoms with Gasteiger partial charge in [-0.2, -0.15) is 0 Å². The number of primary amides is 1. The summed E-state index contributed by atoms with van der Waals surface area (Å²) in [6.45, 7) is 0.187. The summed E-state index contributed by atoms with van der Waals surface area (Å²) in [5, 5.41) is 8.13. The van der Waals surface area contributed by atoms with Gasteiger partial charge in [0.15, 0.2) is 15.3 Å². The van der Waals surface area contributed by atoms with Crippen molar-refractivity contribution in [3.05, 3.63) is 30.3 Å². The molecule has 24 heavy (non-hydrogen) atoms. The van der Waals surface area contributed by atoms with Gasteiger partial charge in [0.05, 0.1) is 17.6 Å². The van der Waals surface area contributed by atoms with Crippen molar-refractivity contribution in [3.8, 4) is 5.75 Å². The second-order valence-electron chi connectivity index (χ2n) is 5.90. The second kappa shape index (κ2) is 7.21. The third-order valence-electron chi connectivity index (χ3n) is 4.43. The first-order chi connectivity index (χ1) is 11.3. The van der Waals surface area contributed by atoms with Crippen molar-refractivity contribution in [2.24, 2.45) is 11.1 Å². The zero-order valence-corrected chi connectivity index (χ0v) is 14.0. The van der Waals surface area contributed by atoms with Crippen LogP contribution in [0.1, 0.15) is 25.7 Å². The number of para-hydroxylation sites is 1. The van der Waals surface area contributed by atoms with E-state index in [9.17, 15) is 23.1 Å². The first-order valence-electron chi connectivity index (χ1n) is 7.73. The van der Waals surface area contributed by atoms with Gasteiger partial charge in [-0.3, -0.25) is 9.59 Å². The summed E-state index contributed by atoms with van der Waals surface area (Å²) in [6.07, 6.45) is 0.654. The van der Waals surface area contributed by atoms with E-state index in [4.69, 9.17) is 10.5 Å². The molecule has 8 heteroatoms. The van der Waals surface area contributed by atoms with Gasteiger partial charge in [-0.05, 0) is 31.4 Å². The number of hydrogen-bond donors (Lipinski definition) is 2. The summed E-state index contributed by atoms with van der Waals surface area (Å²) in [5.41, 5.74) is 3.23. The molecule has 2 atom stereocenters. The van der Waals surface area contributed by atoms with Crippen LogP contribution >= 0.6 is 0 Å². The smallest absolute Gasteiger partial charge is 0.320 e. The van der Waals surface area contributed by atoms with Gasteiger partial charge < -0.3 is 15.6 Å². The maximum Gasteiger partial charge on any atom is 0.320 e. The molecule has 3 N–H and O–H groups in total. The largest absolute Gasteiger partial charge is 0.494 e. The lowest BCUT2D eigenvalue weighted by atomic mass is 9.85. The van der Waals surface area contributed by atoms with E-state index in [0.29, 0.717) is 12.2 Å². The minimum Gasteiger partial charge on any atom is -0.494 e. The Bertz CT molecular complexity index is 687. The zero-order chi connectivity index (χ0) is 17.8. The van der Waals surface area contributed by atoms with Gasteiger partial charge >= 0.3 is 5.97 Å². The van der Waals surface area contributed by atoms with Crippen molar-refractivity contribution in [1.29, 1.82) is 0 Å². The number of hydrogen-bond acceptors (Lipinski definition) is 5. The van der Waals surface area contributed by atoms with Gasteiger partial charge in [-0.1, -0.05) is 24.6 Å². The fourth-order valence-corrected chi connectivity index (χ4v) is 5.48. The molecule has 1 saturated carbocycles. The average Bonchev–Trinajstić information content (AvgIpc) is 3.00. The number of benzene rings is 1. The predicted molar refractivity (Wildman–Crippen MR) is 87.2 cm³/mol. The number of sulfone groups is 1. The molecule has 1 amide bonds. The van der Waals surface area contributed by atoms with E-state index in [-0.39, 0.29) is 31.6 Å². The zero-order valence-electron chi connectivity index (χ0n) is 13.2. The normalized spacial score (nSPS) is 23.8. The highest BCUT2D eigenvalue weighted by molar-refractivity contribution is 7.92. The molecule has 7 nitrogen and oxygen atoms in total. The number of nitrogens with two attached hydrogens (primary N) is 1. The van der Waals surface area contributed by atoms with Gasteiger partial charge in [-0.15, -0.1) is 0 Å². The summed E-state index contributed by atoms with van der Waals surface area (Å²) in [7, 11) is -3.77. The Morgan fingerprint density at radius 1 is 1.29 bits per heavy atom. The van der Waals surface area contributed by atoms with E-state index in [2.05, 4.69) is 0 Å². The highest BCUT2D eigenvalue weighted by atomic mass is 32.2. The van der Waals surface area contributed by atoms with E-state index < -0.39 is 32.4 Å². The van der Waals surface area contributed by atoms with Crippen LogP contribution in [0.2, 0.25) is 0 Å².